The Hall–Kier alpha value is -1.38. The van der Waals surface area contributed by atoms with E-state index in [4.69, 9.17) is 5.02 Å². The maximum absolute atomic E-state index is 14.2. The molecular formula is C17H28BFN2O3Si. The minimum atomic E-state index is -2.25. The first-order chi connectivity index (χ1) is 11.6. The fourth-order valence-corrected chi connectivity index (χ4v) is 3.69. The summed E-state index contributed by atoms with van der Waals surface area (Å²) in [6, 6.07) is 4.26. The van der Waals surface area contributed by atoms with Crippen molar-refractivity contribution in [3.05, 3.63) is 24.0 Å². The van der Waals surface area contributed by atoms with Gasteiger partial charge in [0.15, 0.2) is 8.32 Å². The first kappa shape index (κ1) is 19.9. The van der Waals surface area contributed by atoms with E-state index in [1.54, 1.807) is 17.0 Å². The van der Waals surface area contributed by atoms with Gasteiger partial charge in [0.25, 0.3) is 0 Å². The lowest BCUT2D eigenvalue weighted by molar-refractivity contribution is 0.218. The molecule has 8 heteroatoms. The molecule has 1 aliphatic rings. The van der Waals surface area contributed by atoms with Crippen LogP contribution in [0.5, 0.6) is 0 Å². The molecule has 0 aliphatic carbocycles. The van der Waals surface area contributed by atoms with Crippen LogP contribution in [-0.2, 0) is 0 Å². The van der Waals surface area contributed by atoms with Crippen LogP contribution in [0.25, 0.3) is 0 Å². The van der Waals surface area contributed by atoms with Crippen molar-refractivity contribution in [3.63, 3.8) is 0 Å². The Morgan fingerprint density at radius 1 is 1.32 bits per heavy atom. The number of halogens is 1. The fourth-order valence-electron chi connectivity index (χ4n) is 2.90. The van der Waals surface area contributed by atoms with Gasteiger partial charge in [-0.3, -0.25) is 4.90 Å². The second-order valence-corrected chi connectivity index (χ2v) is 12.4. The van der Waals surface area contributed by atoms with Gasteiger partial charge in [0.05, 0.1) is 5.69 Å². The van der Waals surface area contributed by atoms with Crippen molar-refractivity contribution in [1.82, 2.24) is 4.90 Å². The number of hydrogen-bond acceptors (Lipinski definition) is 3. The van der Waals surface area contributed by atoms with Crippen LogP contribution in [-0.4, -0.2) is 56.2 Å². The molecule has 25 heavy (non-hydrogen) atoms. The van der Waals surface area contributed by atoms with Crippen LogP contribution in [0.4, 0.5) is 14.9 Å². The highest BCUT2D eigenvalue weighted by Gasteiger charge is 2.38. The molecule has 1 saturated heterocycles. The number of urea groups is 1. The smallest absolute Gasteiger partial charge is 0.324 e. The SMILES string of the molecule is CC(C)(CCCN1CCN(c2ccc(BO)cc2F)C1=O)[Si](C)(C)O. The van der Waals surface area contributed by atoms with E-state index in [-0.39, 0.29) is 24.2 Å². The van der Waals surface area contributed by atoms with E-state index in [0.29, 0.717) is 25.1 Å². The summed E-state index contributed by atoms with van der Waals surface area (Å²) in [5.74, 6) is -0.490. The van der Waals surface area contributed by atoms with Gasteiger partial charge in [0, 0.05) is 19.6 Å². The summed E-state index contributed by atoms with van der Waals surface area (Å²) in [7, 11) is -2.47. The summed E-state index contributed by atoms with van der Waals surface area (Å²) >= 11 is 0. The van der Waals surface area contributed by atoms with Gasteiger partial charge >= 0.3 is 13.5 Å². The van der Waals surface area contributed by atoms with Gasteiger partial charge in [0.2, 0.25) is 0 Å². The van der Waals surface area contributed by atoms with Crippen LogP contribution >= 0.6 is 0 Å². The van der Waals surface area contributed by atoms with Crippen LogP contribution in [0.3, 0.4) is 0 Å². The molecule has 0 atom stereocenters. The first-order valence-electron chi connectivity index (χ1n) is 8.75. The maximum Gasteiger partial charge on any atom is 0.324 e. The minimum absolute atomic E-state index is 0.109. The molecule has 0 spiro atoms. The predicted molar refractivity (Wildman–Crippen MR) is 103 cm³/mol. The standard InChI is InChI=1S/C17H28BFN2O3Si/c1-17(2,25(3,4)24)8-5-9-20-10-11-21(16(20)22)15-7-6-13(18-23)12-14(15)19/h6-7,12,18,23-24H,5,8-11H2,1-4H3. The van der Waals surface area contributed by atoms with Crippen molar-refractivity contribution in [3.8, 4) is 0 Å². The molecule has 0 saturated carbocycles. The van der Waals surface area contributed by atoms with Gasteiger partial charge in [-0.1, -0.05) is 19.9 Å². The maximum atomic E-state index is 14.2. The number of carbonyl (C=O) groups excluding carboxylic acids is 1. The molecule has 2 N–H and O–H groups in total. The molecule has 138 valence electrons. The molecule has 1 heterocycles. The highest BCUT2D eigenvalue weighted by Crippen LogP contribution is 2.39. The van der Waals surface area contributed by atoms with E-state index >= 15 is 0 Å². The third-order valence-corrected chi connectivity index (χ3v) is 9.03. The number of anilines is 1. The lowest BCUT2D eigenvalue weighted by Crippen LogP contribution is -2.39. The van der Waals surface area contributed by atoms with Gasteiger partial charge in [-0.05, 0) is 48.6 Å². The zero-order valence-corrected chi connectivity index (χ0v) is 16.5. The van der Waals surface area contributed by atoms with Gasteiger partial charge in [-0.15, -0.1) is 0 Å². The van der Waals surface area contributed by atoms with E-state index in [0.717, 1.165) is 12.8 Å². The number of carbonyl (C=O) groups is 1. The number of hydrogen-bond donors (Lipinski definition) is 2. The van der Waals surface area contributed by atoms with E-state index in [1.165, 1.54) is 11.0 Å². The molecule has 1 aromatic rings. The second kappa shape index (κ2) is 7.47. The van der Waals surface area contributed by atoms with Crippen molar-refractivity contribution in [2.75, 3.05) is 24.5 Å². The number of nitrogens with zero attached hydrogens (tertiary/aromatic N) is 2. The Balaban J connectivity index is 1.96. The average molecular weight is 366 g/mol. The van der Waals surface area contributed by atoms with Gasteiger partial charge in [-0.2, -0.15) is 0 Å². The highest BCUT2D eigenvalue weighted by atomic mass is 28.4. The molecule has 0 bridgehead atoms. The van der Waals surface area contributed by atoms with E-state index < -0.39 is 14.1 Å². The monoisotopic (exact) mass is 366 g/mol. The Bertz CT molecular complexity index is 637. The largest absolute Gasteiger partial charge is 0.449 e. The van der Waals surface area contributed by atoms with Gasteiger partial charge < -0.3 is 14.7 Å². The number of amides is 2. The first-order valence-corrected chi connectivity index (χ1v) is 11.7. The Labute approximate surface area is 150 Å². The van der Waals surface area contributed by atoms with Gasteiger partial charge in [-0.25, -0.2) is 9.18 Å². The molecule has 1 aromatic carbocycles. The van der Waals surface area contributed by atoms with Crippen LogP contribution in [0.15, 0.2) is 18.2 Å². The Kier molecular flexibility index (Phi) is 5.96. The quantitative estimate of drug-likeness (QED) is 0.724. The lowest BCUT2D eigenvalue weighted by atomic mass is 9.88. The van der Waals surface area contributed by atoms with E-state index in [1.807, 2.05) is 13.1 Å². The second-order valence-electron chi connectivity index (χ2n) is 7.91. The zero-order valence-electron chi connectivity index (χ0n) is 15.5. The van der Waals surface area contributed by atoms with Crippen molar-refractivity contribution >= 4 is 33.0 Å². The molecule has 0 unspecified atom stereocenters. The third kappa shape index (κ3) is 4.43. The van der Waals surface area contributed by atoms with Crippen molar-refractivity contribution in [1.29, 1.82) is 0 Å². The zero-order chi connectivity index (χ0) is 18.8. The summed E-state index contributed by atoms with van der Waals surface area (Å²) in [6.07, 6.45) is 1.67. The normalized spacial score (nSPS) is 15.9. The van der Waals surface area contributed by atoms with E-state index in [2.05, 4.69) is 13.8 Å². The highest BCUT2D eigenvalue weighted by molar-refractivity contribution is 6.72. The summed E-state index contributed by atoms with van der Waals surface area (Å²) in [6.45, 7) is 9.67. The lowest BCUT2D eigenvalue weighted by Gasteiger charge is -2.35. The molecule has 1 fully saturated rings. The predicted octanol–water partition coefficient (Wildman–Crippen LogP) is 1.79. The van der Waals surface area contributed by atoms with Crippen LogP contribution in [0.1, 0.15) is 26.7 Å². The van der Waals surface area contributed by atoms with Crippen molar-refractivity contribution in [2.24, 2.45) is 0 Å². The van der Waals surface area contributed by atoms with Crippen molar-refractivity contribution in [2.45, 2.75) is 44.8 Å². The molecule has 5 nitrogen and oxygen atoms in total. The number of benzene rings is 1. The van der Waals surface area contributed by atoms with Crippen molar-refractivity contribution < 1.29 is 19.0 Å². The summed E-state index contributed by atoms with van der Waals surface area (Å²) in [5, 5.41) is 8.95. The van der Waals surface area contributed by atoms with E-state index in [9.17, 15) is 14.0 Å². The summed E-state index contributed by atoms with van der Waals surface area (Å²) in [5.41, 5.74) is 0.747. The minimum Gasteiger partial charge on any atom is -0.449 e. The molecule has 0 aromatic heterocycles. The third-order valence-electron chi connectivity index (χ3n) is 5.47. The van der Waals surface area contributed by atoms with Crippen LogP contribution in [0, 0.1) is 5.82 Å². The van der Waals surface area contributed by atoms with Crippen LogP contribution < -0.4 is 10.4 Å². The molecule has 0 radical (unpaired) electrons. The Morgan fingerprint density at radius 2 is 2.00 bits per heavy atom. The molecule has 2 amide bonds. The van der Waals surface area contributed by atoms with Gasteiger partial charge in [0.1, 0.15) is 5.82 Å². The molecular weight excluding hydrogens is 338 g/mol. The Morgan fingerprint density at radius 3 is 2.56 bits per heavy atom. The topological polar surface area (TPSA) is 64.0 Å². The number of rotatable bonds is 7. The molecule has 2 rings (SSSR count). The fraction of sp³-hybridized carbons (Fsp3) is 0.588. The average Bonchev–Trinajstić information content (AvgIpc) is 2.87. The summed E-state index contributed by atoms with van der Waals surface area (Å²) in [4.78, 5) is 26.1. The molecule has 1 aliphatic heterocycles. The summed E-state index contributed by atoms with van der Waals surface area (Å²) < 4.78 is 14.2. The van der Waals surface area contributed by atoms with Crippen LogP contribution in [0.2, 0.25) is 18.1 Å².